The van der Waals surface area contributed by atoms with Gasteiger partial charge in [-0.2, -0.15) is 25.3 Å². The van der Waals surface area contributed by atoms with Gasteiger partial charge in [0, 0.05) is 18.1 Å². The van der Waals surface area contributed by atoms with E-state index in [-0.39, 0.29) is 11.8 Å². The zero-order chi connectivity index (χ0) is 24.7. The van der Waals surface area contributed by atoms with Crippen molar-refractivity contribution in [3.8, 4) is 5.75 Å². The molecule has 1 aromatic rings. The Morgan fingerprint density at radius 1 is 1.06 bits per heavy atom. The summed E-state index contributed by atoms with van der Waals surface area (Å²) >= 11 is 8.64. The Kier molecular flexibility index (Phi) is 14.5. The van der Waals surface area contributed by atoms with Crippen molar-refractivity contribution in [1.82, 2.24) is 10.6 Å². The van der Waals surface area contributed by atoms with Gasteiger partial charge in [0.05, 0.1) is 18.1 Å². The molecule has 0 heterocycles. The highest BCUT2D eigenvalue weighted by Crippen LogP contribution is 2.21. The fourth-order valence-corrected chi connectivity index (χ4v) is 3.84. The number of unbranched alkanes of at least 4 members (excludes halogenated alkanes) is 2. The summed E-state index contributed by atoms with van der Waals surface area (Å²) in [5.74, 6) is 1.62. The van der Waals surface area contributed by atoms with Gasteiger partial charge in [-0.1, -0.05) is 12.5 Å². The van der Waals surface area contributed by atoms with Crippen molar-refractivity contribution in [3.05, 3.63) is 29.3 Å². The smallest absolute Gasteiger partial charge is 0.239 e. The number of thiol groups is 2. The van der Waals surface area contributed by atoms with Gasteiger partial charge in [0.25, 0.3) is 0 Å². The van der Waals surface area contributed by atoms with Crippen LogP contribution in [0.25, 0.3) is 0 Å². The van der Waals surface area contributed by atoms with Crippen molar-refractivity contribution < 1.29 is 14.3 Å². The Balaban J connectivity index is 2.24. The second kappa shape index (κ2) is 16.2. The molecule has 0 unspecified atom stereocenters. The molecule has 0 fully saturated rings. The van der Waals surface area contributed by atoms with Gasteiger partial charge in [-0.3, -0.25) is 9.59 Å². The van der Waals surface area contributed by atoms with Gasteiger partial charge in [-0.05, 0) is 68.8 Å². The summed E-state index contributed by atoms with van der Waals surface area (Å²) in [5.41, 5.74) is 18.7. The number of nitrogens with one attached hydrogen (secondary N) is 2. The van der Waals surface area contributed by atoms with Gasteiger partial charge in [-0.15, -0.1) is 0 Å². The number of rotatable bonds is 17. The quantitative estimate of drug-likeness (QED) is 0.128. The van der Waals surface area contributed by atoms with Crippen LogP contribution in [0.2, 0.25) is 0 Å². The molecule has 0 spiro atoms. The molecular weight excluding hydrogens is 458 g/mol. The summed E-state index contributed by atoms with van der Waals surface area (Å²) in [6.07, 6.45) is 4.28. The van der Waals surface area contributed by atoms with Crippen LogP contribution >= 0.6 is 25.3 Å². The van der Waals surface area contributed by atoms with E-state index in [4.69, 9.17) is 21.9 Å². The molecule has 0 aliphatic carbocycles. The normalized spacial score (nSPS) is 13.8. The number of amides is 2. The lowest BCUT2D eigenvalue weighted by Gasteiger charge is -2.23. The summed E-state index contributed by atoms with van der Waals surface area (Å²) in [6.45, 7) is 3.52. The first kappa shape index (κ1) is 29.6. The van der Waals surface area contributed by atoms with Crippen LogP contribution in [-0.4, -0.2) is 49.6 Å². The van der Waals surface area contributed by atoms with E-state index in [9.17, 15) is 9.59 Å². The molecule has 8 nitrogen and oxygen atoms in total. The molecular formula is C23H41N5O3S2. The third-order valence-electron chi connectivity index (χ3n) is 5.42. The maximum Gasteiger partial charge on any atom is 0.239 e. The molecule has 0 aliphatic rings. The highest BCUT2D eigenvalue weighted by Gasteiger charge is 2.27. The number of nitrogens with two attached hydrogens (primary N) is 3. The zero-order valence-corrected chi connectivity index (χ0v) is 21.4. The van der Waals surface area contributed by atoms with Gasteiger partial charge >= 0.3 is 0 Å². The summed E-state index contributed by atoms with van der Waals surface area (Å²) in [6, 6.07) is 5.30. The highest BCUT2D eigenvalue weighted by atomic mass is 32.1. The average Bonchev–Trinajstić information content (AvgIpc) is 2.80. The standard InChI is InChI=1S/C23H41N5O3S2/c1-23(26,9-3-5-11-27-21(29)20(25)6-2-4-10-24)22(30)28-12-13-31-19-8-7-17(15-32)18(14-19)16-33/h7-8,14,20,32-33H,2-6,9-13,15-16,24-26H2,1H3,(H,27,29)(H,28,30)/t20-,23+/m0/s1. The Hall–Kier alpha value is -1.46. The Labute approximate surface area is 209 Å². The first-order valence-electron chi connectivity index (χ1n) is 11.5. The van der Waals surface area contributed by atoms with Gasteiger partial charge in [0.2, 0.25) is 11.8 Å². The van der Waals surface area contributed by atoms with E-state index in [1.165, 1.54) is 0 Å². The van der Waals surface area contributed by atoms with E-state index >= 15 is 0 Å². The molecule has 10 heteroatoms. The molecule has 188 valence electrons. The van der Waals surface area contributed by atoms with Crippen molar-refractivity contribution in [1.29, 1.82) is 0 Å². The number of benzene rings is 1. The van der Waals surface area contributed by atoms with Gasteiger partial charge in [0.1, 0.15) is 12.4 Å². The SMILES string of the molecule is C[C@@](N)(CCCCNC(=O)[C@@H](N)CCCCN)C(=O)NCCOc1ccc(CS)c(CS)c1. The summed E-state index contributed by atoms with van der Waals surface area (Å²) in [7, 11) is 0. The minimum absolute atomic E-state index is 0.151. The fourth-order valence-electron chi connectivity index (χ4n) is 3.24. The Morgan fingerprint density at radius 2 is 1.79 bits per heavy atom. The molecule has 0 bridgehead atoms. The predicted molar refractivity (Wildman–Crippen MR) is 141 cm³/mol. The topological polar surface area (TPSA) is 145 Å². The van der Waals surface area contributed by atoms with Crippen LogP contribution in [0.4, 0.5) is 0 Å². The number of carbonyl (C=O) groups excluding carboxylic acids is 2. The van der Waals surface area contributed by atoms with E-state index in [1.807, 2.05) is 18.2 Å². The van der Waals surface area contributed by atoms with Crippen molar-refractivity contribution in [2.45, 2.75) is 68.5 Å². The maximum absolute atomic E-state index is 12.4. The third kappa shape index (κ3) is 11.5. The number of hydrogen-bond donors (Lipinski definition) is 7. The summed E-state index contributed by atoms with van der Waals surface area (Å²) < 4.78 is 5.73. The number of hydrogen-bond acceptors (Lipinski definition) is 8. The first-order chi connectivity index (χ1) is 15.7. The van der Waals surface area contributed by atoms with Crippen LogP contribution in [0.1, 0.15) is 56.6 Å². The minimum atomic E-state index is -0.990. The van der Waals surface area contributed by atoms with Crippen molar-refractivity contribution in [2.24, 2.45) is 17.2 Å². The first-order valence-corrected chi connectivity index (χ1v) is 12.8. The van der Waals surface area contributed by atoms with Crippen LogP contribution in [0.15, 0.2) is 18.2 Å². The molecule has 8 N–H and O–H groups in total. The Bertz CT molecular complexity index is 734. The van der Waals surface area contributed by atoms with Crippen LogP contribution < -0.4 is 32.6 Å². The molecule has 2 amide bonds. The van der Waals surface area contributed by atoms with Gasteiger partial charge in [-0.25, -0.2) is 0 Å². The van der Waals surface area contributed by atoms with Crippen LogP contribution in [0, 0.1) is 0 Å². The molecule has 0 saturated carbocycles. The van der Waals surface area contributed by atoms with E-state index in [1.54, 1.807) is 6.92 Å². The lowest BCUT2D eigenvalue weighted by atomic mass is 9.95. The molecule has 2 atom stereocenters. The lowest BCUT2D eigenvalue weighted by molar-refractivity contribution is -0.126. The molecule has 33 heavy (non-hydrogen) atoms. The van der Waals surface area contributed by atoms with E-state index < -0.39 is 11.6 Å². The highest BCUT2D eigenvalue weighted by molar-refractivity contribution is 7.79. The van der Waals surface area contributed by atoms with Gasteiger partial charge in [0.15, 0.2) is 0 Å². The van der Waals surface area contributed by atoms with Crippen LogP contribution in [0.3, 0.4) is 0 Å². The summed E-state index contributed by atoms with van der Waals surface area (Å²) in [5, 5.41) is 5.67. The minimum Gasteiger partial charge on any atom is -0.492 e. The van der Waals surface area contributed by atoms with Gasteiger partial charge < -0.3 is 32.6 Å². The number of ether oxygens (including phenoxy) is 1. The third-order valence-corrected chi connectivity index (χ3v) is 6.10. The van der Waals surface area contributed by atoms with Crippen molar-refractivity contribution in [2.75, 3.05) is 26.2 Å². The van der Waals surface area contributed by atoms with Crippen LogP contribution in [0.5, 0.6) is 5.75 Å². The predicted octanol–water partition coefficient (Wildman–Crippen LogP) is 1.50. The Morgan fingerprint density at radius 3 is 2.45 bits per heavy atom. The van der Waals surface area contributed by atoms with Crippen LogP contribution in [-0.2, 0) is 21.1 Å². The molecule has 0 saturated heterocycles. The lowest BCUT2D eigenvalue weighted by Crippen LogP contribution is -2.52. The van der Waals surface area contributed by atoms with E-state index in [0.717, 1.165) is 36.1 Å². The van der Waals surface area contributed by atoms with Crippen molar-refractivity contribution in [3.63, 3.8) is 0 Å². The molecule has 1 aromatic carbocycles. The molecule has 0 aliphatic heterocycles. The molecule has 0 radical (unpaired) electrons. The monoisotopic (exact) mass is 499 g/mol. The maximum atomic E-state index is 12.4. The second-order valence-electron chi connectivity index (χ2n) is 8.41. The average molecular weight is 500 g/mol. The molecule has 1 rings (SSSR count). The van der Waals surface area contributed by atoms with E-state index in [0.29, 0.717) is 57.0 Å². The van der Waals surface area contributed by atoms with E-state index in [2.05, 4.69) is 35.9 Å². The second-order valence-corrected chi connectivity index (χ2v) is 9.04. The zero-order valence-electron chi connectivity index (χ0n) is 19.6. The summed E-state index contributed by atoms with van der Waals surface area (Å²) in [4.78, 5) is 24.4. The molecule has 0 aromatic heterocycles. The number of carbonyl (C=O) groups is 2. The largest absolute Gasteiger partial charge is 0.492 e. The van der Waals surface area contributed by atoms with Crippen molar-refractivity contribution >= 4 is 37.1 Å². The fraction of sp³-hybridized carbons (Fsp3) is 0.652.